The van der Waals surface area contributed by atoms with Gasteiger partial charge in [-0.2, -0.15) is 5.10 Å². The number of H-pyrrole nitrogens is 1. The zero-order valence-corrected chi connectivity index (χ0v) is 14.0. The van der Waals surface area contributed by atoms with E-state index in [0.29, 0.717) is 6.04 Å². The van der Waals surface area contributed by atoms with Crippen LogP contribution in [0.1, 0.15) is 26.2 Å². The second kappa shape index (κ2) is 6.40. The Hall–Kier alpha value is -2.14. The van der Waals surface area contributed by atoms with Gasteiger partial charge in [0.25, 0.3) is 0 Å². The molecule has 1 amide bonds. The molecule has 2 fully saturated rings. The molecule has 1 aromatic carbocycles. The van der Waals surface area contributed by atoms with E-state index in [1.807, 2.05) is 30.3 Å². The molecule has 24 heavy (non-hydrogen) atoms. The first-order valence-electron chi connectivity index (χ1n) is 8.84. The monoisotopic (exact) mass is 324 g/mol. The Labute approximate surface area is 142 Å². The van der Waals surface area contributed by atoms with Crippen molar-refractivity contribution in [2.45, 2.75) is 32.2 Å². The van der Waals surface area contributed by atoms with Crippen molar-refractivity contribution in [2.24, 2.45) is 11.8 Å². The highest BCUT2D eigenvalue weighted by Crippen LogP contribution is 2.33. The van der Waals surface area contributed by atoms with Crippen molar-refractivity contribution in [1.29, 1.82) is 0 Å². The van der Waals surface area contributed by atoms with Gasteiger partial charge in [-0.15, -0.1) is 0 Å². The smallest absolute Gasteiger partial charge is 0.228 e. The number of nitrogens with zero attached hydrogens (tertiary/aromatic N) is 2. The molecule has 0 saturated carbocycles. The Balaban J connectivity index is 1.45. The van der Waals surface area contributed by atoms with E-state index in [-0.39, 0.29) is 11.8 Å². The van der Waals surface area contributed by atoms with Gasteiger partial charge in [-0.1, -0.05) is 37.3 Å². The summed E-state index contributed by atoms with van der Waals surface area (Å²) < 4.78 is 0. The predicted molar refractivity (Wildman–Crippen MR) is 94.5 cm³/mol. The van der Waals surface area contributed by atoms with Crippen molar-refractivity contribution in [1.82, 2.24) is 15.1 Å². The van der Waals surface area contributed by atoms with Gasteiger partial charge in [0.15, 0.2) is 0 Å². The molecule has 3 unspecified atom stereocenters. The summed E-state index contributed by atoms with van der Waals surface area (Å²) in [5.74, 6) is 0.951. The lowest BCUT2D eigenvalue weighted by Gasteiger charge is -2.34. The van der Waals surface area contributed by atoms with E-state index in [2.05, 4.69) is 27.3 Å². The van der Waals surface area contributed by atoms with Gasteiger partial charge in [-0.3, -0.25) is 14.8 Å². The molecule has 2 aromatic rings. The average molecular weight is 324 g/mol. The number of carbonyl (C=O) groups excluding carboxylic acids is 1. The molecule has 3 heterocycles. The summed E-state index contributed by atoms with van der Waals surface area (Å²) >= 11 is 0. The second-order valence-electron chi connectivity index (χ2n) is 7.24. The van der Waals surface area contributed by atoms with Crippen molar-refractivity contribution in [3.8, 4) is 11.3 Å². The van der Waals surface area contributed by atoms with E-state index >= 15 is 0 Å². The molecule has 0 aliphatic carbocycles. The number of hydrogen-bond donors (Lipinski definition) is 2. The molecular formula is C19H24N4O. The first-order chi connectivity index (χ1) is 11.7. The van der Waals surface area contributed by atoms with Gasteiger partial charge in [0.1, 0.15) is 0 Å². The molecule has 0 radical (unpaired) electrons. The van der Waals surface area contributed by atoms with Crippen molar-refractivity contribution >= 4 is 11.6 Å². The Morgan fingerprint density at radius 3 is 2.92 bits per heavy atom. The van der Waals surface area contributed by atoms with Crippen LogP contribution < -0.4 is 5.32 Å². The zero-order chi connectivity index (χ0) is 16.5. The van der Waals surface area contributed by atoms with Crippen molar-refractivity contribution < 1.29 is 4.79 Å². The maximum atomic E-state index is 12.7. The molecule has 5 nitrogen and oxygen atoms in total. The van der Waals surface area contributed by atoms with Crippen molar-refractivity contribution in [3.63, 3.8) is 0 Å². The fraction of sp³-hybridized carbons (Fsp3) is 0.474. The molecule has 1 aromatic heterocycles. The van der Waals surface area contributed by atoms with Gasteiger partial charge in [-0.05, 0) is 25.2 Å². The summed E-state index contributed by atoms with van der Waals surface area (Å²) in [4.78, 5) is 15.2. The van der Waals surface area contributed by atoms with Crippen LogP contribution in [-0.2, 0) is 4.79 Å². The zero-order valence-electron chi connectivity index (χ0n) is 14.0. The Kier molecular flexibility index (Phi) is 4.10. The molecule has 0 spiro atoms. The topological polar surface area (TPSA) is 61.0 Å². The fourth-order valence-electron chi connectivity index (χ4n) is 4.18. The Bertz CT molecular complexity index is 711. The lowest BCUT2D eigenvalue weighted by Crippen LogP contribution is -2.43. The number of fused-ring (bicyclic) bond motifs is 1. The highest BCUT2D eigenvalue weighted by atomic mass is 16.1. The number of anilines is 1. The molecule has 2 saturated heterocycles. The molecule has 4 rings (SSSR count). The molecular weight excluding hydrogens is 300 g/mol. The Morgan fingerprint density at radius 1 is 1.25 bits per heavy atom. The number of hydrogen-bond acceptors (Lipinski definition) is 3. The van der Waals surface area contributed by atoms with Crippen LogP contribution in [0.15, 0.2) is 36.5 Å². The average Bonchev–Trinajstić information content (AvgIpc) is 3.20. The summed E-state index contributed by atoms with van der Waals surface area (Å²) in [6, 6.07) is 10.7. The lowest BCUT2D eigenvalue weighted by molar-refractivity contribution is -0.121. The maximum absolute atomic E-state index is 12.7. The summed E-state index contributed by atoms with van der Waals surface area (Å²) in [6.07, 6.45) is 5.11. The van der Waals surface area contributed by atoms with Gasteiger partial charge in [0, 0.05) is 24.7 Å². The highest BCUT2D eigenvalue weighted by molar-refractivity contribution is 5.96. The molecule has 2 aliphatic rings. The van der Waals surface area contributed by atoms with Gasteiger partial charge in [0.2, 0.25) is 5.91 Å². The van der Waals surface area contributed by atoms with Crippen LogP contribution >= 0.6 is 0 Å². The Morgan fingerprint density at radius 2 is 2.08 bits per heavy atom. The van der Waals surface area contributed by atoms with Gasteiger partial charge in [-0.25, -0.2) is 0 Å². The summed E-state index contributed by atoms with van der Waals surface area (Å²) in [5.41, 5.74) is 2.66. The largest absolute Gasteiger partial charge is 0.323 e. The van der Waals surface area contributed by atoms with Gasteiger partial charge >= 0.3 is 0 Å². The lowest BCUT2D eigenvalue weighted by atomic mass is 9.92. The predicted octanol–water partition coefficient (Wildman–Crippen LogP) is 3.14. The van der Waals surface area contributed by atoms with Crippen LogP contribution in [0, 0.1) is 11.8 Å². The number of carbonyl (C=O) groups is 1. The molecule has 5 heteroatoms. The first-order valence-corrected chi connectivity index (χ1v) is 8.84. The van der Waals surface area contributed by atoms with Crippen LogP contribution in [0.2, 0.25) is 0 Å². The molecule has 2 aliphatic heterocycles. The van der Waals surface area contributed by atoms with Crippen LogP contribution in [0.4, 0.5) is 5.69 Å². The first kappa shape index (κ1) is 15.4. The van der Waals surface area contributed by atoms with Gasteiger partial charge < -0.3 is 5.32 Å². The second-order valence-corrected chi connectivity index (χ2v) is 7.24. The summed E-state index contributed by atoms with van der Waals surface area (Å²) in [6.45, 7) is 4.33. The summed E-state index contributed by atoms with van der Waals surface area (Å²) in [7, 11) is 0. The summed E-state index contributed by atoms with van der Waals surface area (Å²) in [5, 5.41) is 10.2. The third-order valence-electron chi connectivity index (χ3n) is 5.37. The third-order valence-corrected chi connectivity index (χ3v) is 5.37. The quantitative estimate of drug-likeness (QED) is 0.912. The van der Waals surface area contributed by atoms with E-state index < -0.39 is 0 Å². The SMILES string of the molecule is CC1CC2CCC(C(=O)Nc3cn[nH]c3-c3ccccc3)CN2C1. The molecule has 3 atom stereocenters. The van der Waals surface area contributed by atoms with Crippen LogP contribution in [0.3, 0.4) is 0 Å². The minimum absolute atomic E-state index is 0.0741. The third kappa shape index (κ3) is 2.96. The van der Waals surface area contributed by atoms with E-state index in [4.69, 9.17) is 0 Å². The minimum atomic E-state index is 0.0741. The minimum Gasteiger partial charge on any atom is -0.323 e. The van der Waals surface area contributed by atoms with E-state index in [1.165, 1.54) is 6.42 Å². The number of amides is 1. The highest BCUT2D eigenvalue weighted by Gasteiger charge is 2.37. The van der Waals surface area contributed by atoms with Crippen LogP contribution in [0.25, 0.3) is 11.3 Å². The van der Waals surface area contributed by atoms with Gasteiger partial charge in [0.05, 0.1) is 23.5 Å². The number of benzene rings is 1. The van der Waals surface area contributed by atoms with Crippen molar-refractivity contribution in [3.05, 3.63) is 36.5 Å². The van der Waals surface area contributed by atoms with E-state index in [1.54, 1.807) is 6.20 Å². The molecule has 126 valence electrons. The molecule has 2 N–H and O–H groups in total. The van der Waals surface area contributed by atoms with Crippen molar-refractivity contribution in [2.75, 3.05) is 18.4 Å². The normalized spacial score (nSPS) is 27.0. The van der Waals surface area contributed by atoms with Crippen LogP contribution in [0.5, 0.6) is 0 Å². The number of aromatic amines is 1. The number of piperidine rings is 1. The van der Waals surface area contributed by atoms with Crippen LogP contribution in [-0.4, -0.2) is 40.1 Å². The number of rotatable bonds is 3. The standard InChI is InChI=1S/C19H24N4O/c1-13-9-16-8-7-15(12-23(16)11-13)19(24)21-17-10-20-22-18(17)14-5-3-2-4-6-14/h2-6,10,13,15-16H,7-9,11-12H2,1H3,(H,20,22)(H,21,24). The maximum Gasteiger partial charge on any atom is 0.228 e. The van der Waals surface area contributed by atoms with E-state index in [9.17, 15) is 4.79 Å². The van der Waals surface area contributed by atoms with E-state index in [0.717, 1.165) is 48.8 Å². The molecule has 0 bridgehead atoms. The number of nitrogens with one attached hydrogen (secondary N) is 2. The fourth-order valence-corrected chi connectivity index (χ4v) is 4.18. The number of aromatic nitrogens is 2.